The van der Waals surface area contributed by atoms with E-state index in [0.717, 1.165) is 11.3 Å². The van der Waals surface area contributed by atoms with E-state index in [2.05, 4.69) is 19.9 Å². The van der Waals surface area contributed by atoms with Crippen molar-refractivity contribution in [1.29, 1.82) is 0 Å². The maximum atomic E-state index is 5.73. The van der Waals surface area contributed by atoms with E-state index >= 15 is 0 Å². The standard InChI is InChI=1S/C13H14O.2C2H6/c1-4-6-11-10(3)13-9(2)7-5-8-12(13)14-11;2*1-2/h4-8H,1-3H3;2*1-2H3/b6-4-;;. The van der Waals surface area contributed by atoms with Crippen molar-refractivity contribution >= 4 is 17.0 Å². The molecule has 0 aliphatic heterocycles. The molecule has 0 N–H and O–H groups in total. The number of fused-ring (bicyclic) bond motifs is 1. The van der Waals surface area contributed by atoms with Crippen LogP contribution in [0.3, 0.4) is 0 Å². The molecule has 0 aliphatic rings. The van der Waals surface area contributed by atoms with Crippen molar-refractivity contribution in [1.82, 2.24) is 0 Å². The molecule has 18 heavy (non-hydrogen) atoms. The van der Waals surface area contributed by atoms with Crippen LogP contribution in [0.25, 0.3) is 17.0 Å². The molecule has 0 unspecified atom stereocenters. The van der Waals surface area contributed by atoms with E-state index in [-0.39, 0.29) is 0 Å². The Morgan fingerprint density at radius 2 is 1.61 bits per heavy atom. The van der Waals surface area contributed by atoms with E-state index in [9.17, 15) is 0 Å². The third-order valence-corrected chi connectivity index (χ3v) is 2.52. The molecule has 1 aromatic heterocycles. The van der Waals surface area contributed by atoms with E-state index in [0.29, 0.717) is 0 Å². The van der Waals surface area contributed by atoms with Gasteiger partial charge in [-0.05, 0) is 38.5 Å². The van der Waals surface area contributed by atoms with Crippen molar-refractivity contribution < 1.29 is 4.42 Å². The zero-order chi connectivity index (χ0) is 14.1. The molecule has 0 spiro atoms. The van der Waals surface area contributed by atoms with Gasteiger partial charge in [-0.3, -0.25) is 0 Å². The summed E-state index contributed by atoms with van der Waals surface area (Å²) in [6.07, 6.45) is 4.01. The first-order chi connectivity index (χ1) is 8.74. The van der Waals surface area contributed by atoms with Gasteiger partial charge in [-0.15, -0.1) is 0 Å². The normalized spacial score (nSPS) is 9.72. The molecule has 0 saturated carbocycles. The van der Waals surface area contributed by atoms with Crippen molar-refractivity contribution in [3.8, 4) is 0 Å². The third-order valence-electron chi connectivity index (χ3n) is 2.52. The highest BCUT2D eigenvalue weighted by Crippen LogP contribution is 2.28. The molecule has 1 nitrogen and oxygen atoms in total. The Balaban J connectivity index is 0.000000659. The smallest absolute Gasteiger partial charge is 0.135 e. The first-order valence-corrected chi connectivity index (χ1v) is 6.85. The summed E-state index contributed by atoms with van der Waals surface area (Å²) in [4.78, 5) is 0. The molecular formula is C17H26O. The van der Waals surface area contributed by atoms with Crippen LogP contribution in [0.5, 0.6) is 0 Å². The minimum Gasteiger partial charge on any atom is -0.456 e. The summed E-state index contributed by atoms with van der Waals surface area (Å²) in [7, 11) is 0. The maximum absolute atomic E-state index is 5.73. The van der Waals surface area contributed by atoms with Gasteiger partial charge in [0.1, 0.15) is 11.3 Å². The lowest BCUT2D eigenvalue weighted by Gasteiger charge is -1.94. The Morgan fingerprint density at radius 1 is 1.00 bits per heavy atom. The maximum Gasteiger partial charge on any atom is 0.135 e. The summed E-state index contributed by atoms with van der Waals surface area (Å²) in [5.74, 6) is 0.969. The zero-order valence-electron chi connectivity index (χ0n) is 12.8. The van der Waals surface area contributed by atoms with Crippen LogP contribution in [0.4, 0.5) is 0 Å². The van der Waals surface area contributed by atoms with Crippen LogP contribution in [-0.4, -0.2) is 0 Å². The second-order valence-corrected chi connectivity index (χ2v) is 3.54. The lowest BCUT2D eigenvalue weighted by atomic mass is 10.1. The van der Waals surface area contributed by atoms with Crippen LogP contribution in [0.1, 0.15) is 51.5 Å². The van der Waals surface area contributed by atoms with Crippen molar-refractivity contribution in [2.75, 3.05) is 0 Å². The van der Waals surface area contributed by atoms with Gasteiger partial charge >= 0.3 is 0 Å². The molecule has 0 atom stereocenters. The molecular weight excluding hydrogens is 220 g/mol. The van der Waals surface area contributed by atoms with Crippen LogP contribution in [0, 0.1) is 13.8 Å². The van der Waals surface area contributed by atoms with Crippen LogP contribution in [0.2, 0.25) is 0 Å². The molecule has 0 bridgehead atoms. The second kappa shape index (κ2) is 8.57. The van der Waals surface area contributed by atoms with Gasteiger partial charge in [0, 0.05) is 10.9 Å². The lowest BCUT2D eigenvalue weighted by molar-refractivity contribution is 0.601. The van der Waals surface area contributed by atoms with Gasteiger partial charge in [0.2, 0.25) is 0 Å². The highest BCUT2D eigenvalue weighted by atomic mass is 16.3. The highest BCUT2D eigenvalue weighted by Gasteiger charge is 2.08. The molecule has 100 valence electrons. The number of hydrogen-bond donors (Lipinski definition) is 0. The minimum atomic E-state index is 0.969. The van der Waals surface area contributed by atoms with E-state index in [4.69, 9.17) is 4.42 Å². The van der Waals surface area contributed by atoms with E-state index in [1.54, 1.807) is 0 Å². The Labute approximate surface area is 112 Å². The Kier molecular flexibility index (Phi) is 7.86. The predicted octanol–water partition coefficient (Wildman–Crippen LogP) is 6.14. The number of rotatable bonds is 1. The Hall–Kier alpha value is -1.50. The molecule has 2 aromatic rings. The van der Waals surface area contributed by atoms with E-state index in [1.165, 1.54) is 16.5 Å². The van der Waals surface area contributed by atoms with Crippen LogP contribution < -0.4 is 0 Å². The van der Waals surface area contributed by atoms with E-state index < -0.39 is 0 Å². The monoisotopic (exact) mass is 246 g/mol. The van der Waals surface area contributed by atoms with Crippen molar-refractivity contribution in [3.63, 3.8) is 0 Å². The fraction of sp³-hybridized carbons (Fsp3) is 0.412. The number of hydrogen-bond acceptors (Lipinski definition) is 1. The van der Waals surface area contributed by atoms with E-state index in [1.807, 2.05) is 58.9 Å². The summed E-state index contributed by atoms with van der Waals surface area (Å²) in [6.45, 7) is 14.2. The largest absolute Gasteiger partial charge is 0.456 e. The van der Waals surface area contributed by atoms with Gasteiger partial charge < -0.3 is 4.42 Å². The molecule has 0 fully saturated rings. The molecule has 0 radical (unpaired) electrons. The molecule has 2 rings (SSSR count). The predicted molar refractivity (Wildman–Crippen MR) is 83.1 cm³/mol. The van der Waals surface area contributed by atoms with Crippen molar-refractivity contribution in [3.05, 3.63) is 41.2 Å². The van der Waals surface area contributed by atoms with Crippen molar-refractivity contribution in [2.24, 2.45) is 0 Å². The fourth-order valence-corrected chi connectivity index (χ4v) is 1.84. The highest BCUT2D eigenvalue weighted by molar-refractivity contribution is 5.87. The Morgan fingerprint density at radius 3 is 2.11 bits per heavy atom. The summed E-state index contributed by atoms with van der Waals surface area (Å²) in [6, 6.07) is 6.16. The third kappa shape index (κ3) is 3.49. The molecule has 0 saturated heterocycles. The molecule has 1 heterocycles. The topological polar surface area (TPSA) is 13.1 Å². The van der Waals surface area contributed by atoms with Gasteiger partial charge in [0.25, 0.3) is 0 Å². The molecule has 1 heteroatoms. The first-order valence-electron chi connectivity index (χ1n) is 6.85. The van der Waals surface area contributed by atoms with Crippen molar-refractivity contribution in [2.45, 2.75) is 48.5 Å². The lowest BCUT2D eigenvalue weighted by Crippen LogP contribution is -1.76. The average molecular weight is 246 g/mol. The fourth-order valence-electron chi connectivity index (χ4n) is 1.84. The quantitative estimate of drug-likeness (QED) is 0.589. The Bertz CT molecular complexity index is 490. The number of benzene rings is 1. The van der Waals surface area contributed by atoms with Crippen LogP contribution in [0.15, 0.2) is 28.7 Å². The zero-order valence-corrected chi connectivity index (χ0v) is 12.8. The van der Waals surface area contributed by atoms with Gasteiger partial charge in [-0.25, -0.2) is 0 Å². The summed E-state index contributed by atoms with van der Waals surface area (Å²) in [5.41, 5.74) is 3.49. The van der Waals surface area contributed by atoms with Crippen LogP contribution in [-0.2, 0) is 0 Å². The summed E-state index contributed by atoms with van der Waals surface area (Å²) in [5, 5.41) is 1.25. The molecule has 1 aromatic carbocycles. The van der Waals surface area contributed by atoms with Crippen LogP contribution >= 0.6 is 0 Å². The summed E-state index contributed by atoms with van der Waals surface area (Å²) < 4.78 is 5.73. The summed E-state index contributed by atoms with van der Waals surface area (Å²) >= 11 is 0. The molecule has 0 amide bonds. The van der Waals surface area contributed by atoms with Gasteiger partial charge in [0.05, 0.1) is 0 Å². The second-order valence-electron chi connectivity index (χ2n) is 3.54. The number of furan rings is 1. The SMILES string of the molecule is C/C=C\c1oc2cccc(C)c2c1C.CC.CC. The van der Waals surface area contributed by atoms with Gasteiger partial charge in [0.15, 0.2) is 0 Å². The van der Waals surface area contributed by atoms with Gasteiger partial charge in [-0.2, -0.15) is 0 Å². The van der Waals surface area contributed by atoms with Gasteiger partial charge in [-0.1, -0.05) is 45.9 Å². The first kappa shape index (κ1) is 16.5. The number of allylic oxidation sites excluding steroid dienone is 1. The molecule has 0 aliphatic carbocycles. The number of aryl methyl sites for hydroxylation is 2. The average Bonchev–Trinajstić information content (AvgIpc) is 2.73. The minimum absolute atomic E-state index is 0.969.